The second-order valence-electron chi connectivity index (χ2n) is 1.64. The van der Waals surface area contributed by atoms with E-state index in [2.05, 4.69) is 4.98 Å². The summed E-state index contributed by atoms with van der Waals surface area (Å²) in [6.45, 7) is 0. The van der Waals surface area contributed by atoms with Crippen LogP contribution in [0.3, 0.4) is 0 Å². The van der Waals surface area contributed by atoms with Crippen molar-refractivity contribution in [2.24, 2.45) is 0 Å². The van der Waals surface area contributed by atoms with E-state index in [-0.39, 0.29) is 5.06 Å². The van der Waals surface area contributed by atoms with Crippen LogP contribution >= 0.6 is 0 Å². The van der Waals surface area contributed by atoms with Crippen LogP contribution in [0.25, 0.3) is 0 Å². The molecule has 0 spiro atoms. The lowest BCUT2D eigenvalue weighted by atomic mass is 10.6. The van der Waals surface area contributed by atoms with Gasteiger partial charge < -0.3 is 15.3 Å². The molecule has 0 saturated carbocycles. The van der Waals surface area contributed by atoms with Crippen LogP contribution in [0.5, 0.6) is 0 Å². The maximum absolute atomic E-state index is 10.5. The molecular weight excluding hydrogens is 104 g/mol. The lowest BCUT2D eigenvalue weighted by Crippen LogP contribution is -2.98. The Balaban J connectivity index is 2.77. The van der Waals surface area contributed by atoms with E-state index < -0.39 is 0 Å². The minimum absolute atomic E-state index is 0.0787. The third kappa shape index (κ3) is 0.882. The van der Waals surface area contributed by atoms with Crippen LogP contribution in [0.1, 0.15) is 0 Å². The van der Waals surface area contributed by atoms with Crippen molar-refractivity contribution < 1.29 is 5.06 Å². The predicted octanol–water partition coefficient (Wildman–Crippen LogP) is -0.341. The first-order chi connectivity index (χ1) is 3.80. The van der Waals surface area contributed by atoms with Crippen molar-refractivity contribution in [2.75, 3.05) is 7.05 Å². The van der Waals surface area contributed by atoms with Gasteiger partial charge in [-0.15, -0.1) is 0 Å². The van der Waals surface area contributed by atoms with Gasteiger partial charge in [-0.2, -0.15) is 0 Å². The Morgan fingerprint density at radius 2 is 2.50 bits per heavy atom. The average molecular weight is 112 g/mol. The topological polar surface area (TPSA) is 43.3 Å². The number of aromatic nitrogens is 1. The number of hydrogen-bond acceptors (Lipinski definition) is 1. The van der Waals surface area contributed by atoms with E-state index in [0.29, 0.717) is 5.82 Å². The highest BCUT2D eigenvalue weighted by Gasteiger charge is 1.91. The van der Waals surface area contributed by atoms with Crippen LogP contribution in [0.2, 0.25) is 0 Å². The molecule has 0 fully saturated rings. The summed E-state index contributed by atoms with van der Waals surface area (Å²) in [5.74, 6) is 0.671. The molecule has 1 aromatic rings. The van der Waals surface area contributed by atoms with Gasteiger partial charge in [0.2, 0.25) is 5.82 Å². The summed E-state index contributed by atoms with van der Waals surface area (Å²) in [7, 11) is 1.53. The molecule has 0 bridgehead atoms. The van der Waals surface area contributed by atoms with Crippen molar-refractivity contribution >= 4 is 5.82 Å². The molecule has 44 valence electrons. The van der Waals surface area contributed by atoms with Crippen molar-refractivity contribution in [1.29, 1.82) is 0 Å². The lowest BCUT2D eigenvalue weighted by molar-refractivity contribution is -0.754. The Morgan fingerprint density at radius 1 is 1.75 bits per heavy atom. The van der Waals surface area contributed by atoms with E-state index in [9.17, 15) is 5.21 Å². The van der Waals surface area contributed by atoms with Gasteiger partial charge in [0.1, 0.15) is 0 Å². The zero-order valence-electron chi connectivity index (χ0n) is 4.64. The first kappa shape index (κ1) is 5.34. The van der Waals surface area contributed by atoms with E-state index in [4.69, 9.17) is 0 Å². The number of hydrogen-bond donors (Lipinski definition) is 2. The molecule has 3 nitrogen and oxygen atoms in total. The third-order valence-corrected chi connectivity index (χ3v) is 0.977. The van der Waals surface area contributed by atoms with Crippen LogP contribution < -0.4 is 5.06 Å². The van der Waals surface area contributed by atoms with Gasteiger partial charge in [-0.1, -0.05) is 0 Å². The van der Waals surface area contributed by atoms with Gasteiger partial charge in [0.25, 0.3) is 0 Å². The van der Waals surface area contributed by atoms with Crippen molar-refractivity contribution in [3.63, 3.8) is 0 Å². The minimum atomic E-state index is 0.0787. The molecule has 1 rings (SSSR count). The van der Waals surface area contributed by atoms with E-state index >= 15 is 0 Å². The molecule has 8 heavy (non-hydrogen) atoms. The SMILES string of the molecule is C[NH+]([O-])c1ccc[nH]1. The molecule has 1 aromatic heterocycles. The summed E-state index contributed by atoms with van der Waals surface area (Å²) < 4.78 is 0. The number of aromatic amines is 1. The van der Waals surface area contributed by atoms with Crippen LogP contribution in [-0.2, 0) is 0 Å². The summed E-state index contributed by atoms with van der Waals surface area (Å²) in [5.41, 5.74) is 0. The molecule has 0 amide bonds. The molecular formula is C5H8N2O. The van der Waals surface area contributed by atoms with Crippen molar-refractivity contribution in [3.05, 3.63) is 23.5 Å². The largest absolute Gasteiger partial charge is 0.628 e. The monoisotopic (exact) mass is 112 g/mol. The van der Waals surface area contributed by atoms with Crippen LogP contribution in [0, 0.1) is 5.21 Å². The lowest BCUT2D eigenvalue weighted by Gasteiger charge is -2.11. The Bertz CT molecular complexity index is 145. The van der Waals surface area contributed by atoms with Crippen molar-refractivity contribution in [1.82, 2.24) is 4.98 Å². The fourth-order valence-electron chi connectivity index (χ4n) is 0.549. The number of H-pyrrole nitrogens is 1. The van der Waals surface area contributed by atoms with Gasteiger partial charge in [-0.05, 0) is 6.07 Å². The van der Waals surface area contributed by atoms with E-state index in [0.717, 1.165) is 0 Å². The molecule has 1 heterocycles. The zero-order valence-corrected chi connectivity index (χ0v) is 4.64. The van der Waals surface area contributed by atoms with Gasteiger partial charge in [-0.25, -0.2) is 0 Å². The Kier molecular flexibility index (Phi) is 1.32. The number of nitrogens with one attached hydrogen (secondary N) is 2. The quantitative estimate of drug-likeness (QED) is 0.479. The van der Waals surface area contributed by atoms with Gasteiger partial charge in [-0.3, -0.25) is 0 Å². The highest BCUT2D eigenvalue weighted by molar-refractivity contribution is 5.16. The smallest absolute Gasteiger partial charge is 0.203 e. The molecule has 0 radical (unpaired) electrons. The molecule has 0 aliphatic carbocycles. The first-order valence-corrected chi connectivity index (χ1v) is 2.45. The second kappa shape index (κ2) is 1.98. The van der Waals surface area contributed by atoms with Crippen LogP contribution in [0.15, 0.2) is 18.3 Å². The van der Waals surface area contributed by atoms with Crippen LogP contribution in [0.4, 0.5) is 5.82 Å². The van der Waals surface area contributed by atoms with Gasteiger partial charge in [0.15, 0.2) is 0 Å². The molecule has 0 aromatic carbocycles. The first-order valence-electron chi connectivity index (χ1n) is 2.45. The number of hydroxylamine groups is 1. The Hall–Kier alpha value is -0.800. The summed E-state index contributed by atoms with van der Waals surface area (Å²) in [6, 6.07) is 3.55. The molecule has 2 N–H and O–H groups in total. The fraction of sp³-hybridized carbons (Fsp3) is 0.200. The number of rotatable bonds is 1. The fourth-order valence-corrected chi connectivity index (χ4v) is 0.549. The molecule has 0 aliphatic rings. The van der Waals surface area contributed by atoms with Gasteiger partial charge in [0.05, 0.1) is 7.05 Å². The maximum Gasteiger partial charge on any atom is 0.203 e. The number of quaternary nitrogens is 1. The summed E-state index contributed by atoms with van der Waals surface area (Å²) >= 11 is 0. The summed E-state index contributed by atoms with van der Waals surface area (Å²) in [5, 5.41) is 10.6. The second-order valence-corrected chi connectivity index (χ2v) is 1.64. The molecule has 1 unspecified atom stereocenters. The molecule has 0 aliphatic heterocycles. The standard InChI is InChI=1S/C5H8N2O/c1-7(8)5-3-2-4-6-5/h2-4,6-7H,1H3. The summed E-state index contributed by atoms with van der Waals surface area (Å²) in [4.78, 5) is 2.79. The molecule has 0 saturated heterocycles. The van der Waals surface area contributed by atoms with Crippen molar-refractivity contribution in [2.45, 2.75) is 0 Å². The summed E-state index contributed by atoms with van der Waals surface area (Å²) in [6.07, 6.45) is 1.73. The average Bonchev–Trinajstić information content (AvgIpc) is 2.12. The highest BCUT2D eigenvalue weighted by Crippen LogP contribution is 1.90. The predicted molar refractivity (Wildman–Crippen MR) is 30.7 cm³/mol. The zero-order chi connectivity index (χ0) is 5.98. The van der Waals surface area contributed by atoms with Gasteiger partial charge >= 0.3 is 0 Å². The van der Waals surface area contributed by atoms with E-state index in [1.807, 2.05) is 0 Å². The van der Waals surface area contributed by atoms with Gasteiger partial charge in [0, 0.05) is 12.3 Å². The van der Waals surface area contributed by atoms with E-state index in [1.165, 1.54) is 7.05 Å². The highest BCUT2D eigenvalue weighted by atomic mass is 16.5. The molecule has 1 atom stereocenters. The Labute approximate surface area is 47.5 Å². The van der Waals surface area contributed by atoms with Crippen molar-refractivity contribution in [3.8, 4) is 0 Å². The maximum atomic E-state index is 10.5. The van der Waals surface area contributed by atoms with Crippen LogP contribution in [-0.4, -0.2) is 12.0 Å². The minimum Gasteiger partial charge on any atom is -0.628 e. The Morgan fingerprint density at radius 3 is 2.75 bits per heavy atom. The van der Waals surface area contributed by atoms with E-state index in [1.54, 1.807) is 18.3 Å². The third-order valence-electron chi connectivity index (χ3n) is 0.977. The normalized spacial score (nSPS) is 13.8. The molecule has 3 heteroatoms.